The van der Waals surface area contributed by atoms with E-state index in [-0.39, 0.29) is 30.1 Å². The zero-order valence-electron chi connectivity index (χ0n) is 24.1. The number of amides is 1. The summed E-state index contributed by atoms with van der Waals surface area (Å²) >= 11 is 0. The lowest BCUT2D eigenvalue weighted by Crippen LogP contribution is -2.38. The van der Waals surface area contributed by atoms with E-state index in [1.165, 1.54) is 11.1 Å². The van der Waals surface area contributed by atoms with E-state index in [9.17, 15) is 14.7 Å². The molecular weight excluding hydrogens is 538 g/mol. The molecule has 1 amide bonds. The molecule has 5 rings (SSSR count). The molecule has 0 aromatic heterocycles. The molecule has 1 saturated heterocycles. The minimum atomic E-state index is -0.958. The van der Waals surface area contributed by atoms with Crippen molar-refractivity contribution in [2.24, 2.45) is 11.7 Å². The summed E-state index contributed by atoms with van der Waals surface area (Å²) in [7, 11) is 0. The van der Waals surface area contributed by atoms with Crippen molar-refractivity contribution in [3.63, 3.8) is 0 Å². The minimum absolute atomic E-state index is 0.0348. The molecule has 0 aliphatic carbocycles. The predicted molar refractivity (Wildman–Crippen MR) is 168 cm³/mol. The van der Waals surface area contributed by atoms with Crippen molar-refractivity contribution >= 4 is 17.7 Å². The van der Waals surface area contributed by atoms with E-state index in [2.05, 4.69) is 48.5 Å². The summed E-state index contributed by atoms with van der Waals surface area (Å²) in [5.74, 6) is -0.664. The van der Waals surface area contributed by atoms with Gasteiger partial charge in [-0.25, -0.2) is 0 Å². The fourth-order valence-corrected chi connectivity index (χ4v) is 5.94. The second-order valence-corrected chi connectivity index (χ2v) is 11.1. The third kappa shape index (κ3) is 7.49. The summed E-state index contributed by atoms with van der Waals surface area (Å²) < 4.78 is 6.14. The summed E-state index contributed by atoms with van der Waals surface area (Å²) in [5, 5.41) is 17.0. The standard InChI is InChI=1S/C36H37N3O4/c37-35(38)29-15-13-25(14-16-29)26-17-19-32(20-18-26)43-24-31-22-30(23-34(40)41)36(42)39(31)21-7-12-33(27-8-3-1-4-9-27)28-10-5-2-6-11-28/h1-6,8-11,13-20,30-31,33H,7,12,21-24H2,(H3,37,38)(H,40,41)/t30-,31-/m0/s1. The van der Waals surface area contributed by atoms with Gasteiger partial charge in [0.2, 0.25) is 5.91 Å². The summed E-state index contributed by atoms with van der Waals surface area (Å²) in [6, 6.07) is 35.9. The zero-order valence-corrected chi connectivity index (χ0v) is 24.1. The van der Waals surface area contributed by atoms with E-state index in [4.69, 9.17) is 15.9 Å². The van der Waals surface area contributed by atoms with Crippen molar-refractivity contribution in [2.45, 2.75) is 37.6 Å². The molecule has 7 nitrogen and oxygen atoms in total. The topological polar surface area (TPSA) is 117 Å². The normalized spacial score (nSPS) is 16.4. The molecule has 2 atom stereocenters. The number of nitrogens with two attached hydrogens (primary N) is 1. The molecule has 7 heteroatoms. The smallest absolute Gasteiger partial charge is 0.304 e. The van der Waals surface area contributed by atoms with Crippen LogP contribution in [0.15, 0.2) is 109 Å². The quantitative estimate of drug-likeness (QED) is 0.127. The number of hydrogen-bond donors (Lipinski definition) is 3. The minimum Gasteiger partial charge on any atom is -0.491 e. The van der Waals surface area contributed by atoms with Gasteiger partial charge in [0.1, 0.15) is 18.2 Å². The Balaban J connectivity index is 1.24. The molecule has 1 aliphatic heterocycles. The summed E-state index contributed by atoms with van der Waals surface area (Å²) in [6.07, 6.45) is 1.95. The summed E-state index contributed by atoms with van der Waals surface area (Å²) in [5.41, 5.74) is 10.7. The summed E-state index contributed by atoms with van der Waals surface area (Å²) in [4.78, 5) is 26.7. The molecular formula is C36H37N3O4. The molecule has 220 valence electrons. The Morgan fingerprint density at radius 2 is 1.44 bits per heavy atom. The fourth-order valence-electron chi connectivity index (χ4n) is 5.94. The summed E-state index contributed by atoms with van der Waals surface area (Å²) in [6.45, 7) is 0.851. The third-order valence-electron chi connectivity index (χ3n) is 8.17. The van der Waals surface area contributed by atoms with Gasteiger partial charge in [-0.1, -0.05) is 97.1 Å². The molecule has 4 aromatic carbocycles. The number of nitrogens with zero attached hydrogens (tertiary/aromatic N) is 1. The van der Waals surface area contributed by atoms with Crippen LogP contribution >= 0.6 is 0 Å². The first-order chi connectivity index (χ1) is 20.9. The Hall–Kier alpha value is -4.91. The van der Waals surface area contributed by atoms with E-state index in [0.717, 1.165) is 24.0 Å². The van der Waals surface area contributed by atoms with Crippen LogP contribution in [0.2, 0.25) is 0 Å². The average Bonchev–Trinajstić information content (AvgIpc) is 3.32. The van der Waals surface area contributed by atoms with Crippen molar-refractivity contribution in [3.05, 3.63) is 126 Å². The number of nitrogen functional groups attached to an aromatic ring is 1. The van der Waals surface area contributed by atoms with Crippen LogP contribution in [0.1, 0.15) is 48.3 Å². The van der Waals surface area contributed by atoms with E-state index in [1.807, 2.05) is 65.6 Å². The monoisotopic (exact) mass is 575 g/mol. The van der Waals surface area contributed by atoms with Gasteiger partial charge in [-0.2, -0.15) is 0 Å². The lowest BCUT2D eigenvalue weighted by atomic mass is 9.87. The molecule has 1 heterocycles. The van der Waals surface area contributed by atoms with Gasteiger partial charge in [0.25, 0.3) is 0 Å². The van der Waals surface area contributed by atoms with Gasteiger partial charge in [0, 0.05) is 18.0 Å². The first-order valence-electron chi connectivity index (χ1n) is 14.7. The Kier molecular flexibility index (Phi) is 9.52. The van der Waals surface area contributed by atoms with Gasteiger partial charge in [-0.15, -0.1) is 0 Å². The van der Waals surface area contributed by atoms with Crippen molar-refractivity contribution in [1.82, 2.24) is 4.90 Å². The Labute approximate surface area is 252 Å². The van der Waals surface area contributed by atoms with Gasteiger partial charge in [-0.3, -0.25) is 15.0 Å². The molecule has 0 saturated carbocycles. The maximum Gasteiger partial charge on any atom is 0.304 e. The lowest BCUT2D eigenvalue weighted by molar-refractivity contribution is -0.142. The number of carboxylic acid groups (broad SMARTS) is 1. The Bertz CT molecular complexity index is 1480. The average molecular weight is 576 g/mol. The van der Waals surface area contributed by atoms with Crippen molar-refractivity contribution in [3.8, 4) is 16.9 Å². The number of carbonyl (C=O) groups is 2. The fraction of sp³-hybridized carbons (Fsp3) is 0.250. The van der Waals surface area contributed by atoms with Gasteiger partial charge >= 0.3 is 5.97 Å². The molecule has 0 bridgehead atoms. The number of ether oxygens (including phenoxy) is 1. The van der Waals surface area contributed by atoms with Gasteiger partial charge in [0.05, 0.1) is 18.4 Å². The van der Waals surface area contributed by atoms with Crippen LogP contribution in [0, 0.1) is 11.3 Å². The lowest BCUT2D eigenvalue weighted by Gasteiger charge is -2.26. The highest BCUT2D eigenvalue weighted by atomic mass is 16.5. The highest BCUT2D eigenvalue weighted by molar-refractivity contribution is 5.95. The van der Waals surface area contributed by atoms with E-state index < -0.39 is 11.9 Å². The largest absolute Gasteiger partial charge is 0.491 e. The highest BCUT2D eigenvalue weighted by Crippen LogP contribution is 2.32. The van der Waals surface area contributed by atoms with Crippen LogP contribution in [0.4, 0.5) is 0 Å². The first-order valence-corrected chi connectivity index (χ1v) is 14.7. The van der Waals surface area contributed by atoms with Gasteiger partial charge < -0.3 is 20.5 Å². The van der Waals surface area contributed by atoms with Crippen molar-refractivity contribution in [1.29, 1.82) is 5.41 Å². The Morgan fingerprint density at radius 1 is 0.884 bits per heavy atom. The maximum atomic E-state index is 13.3. The van der Waals surface area contributed by atoms with Crippen LogP contribution in [-0.2, 0) is 9.59 Å². The number of nitrogens with one attached hydrogen (secondary N) is 1. The van der Waals surface area contributed by atoms with E-state index >= 15 is 0 Å². The molecule has 0 unspecified atom stereocenters. The van der Waals surface area contributed by atoms with Crippen LogP contribution in [0.25, 0.3) is 11.1 Å². The van der Waals surface area contributed by atoms with Crippen LogP contribution < -0.4 is 10.5 Å². The highest BCUT2D eigenvalue weighted by Gasteiger charge is 2.40. The third-order valence-corrected chi connectivity index (χ3v) is 8.17. The molecule has 1 aliphatic rings. The van der Waals surface area contributed by atoms with Crippen LogP contribution in [0.5, 0.6) is 5.75 Å². The predicted octanol–water partition coefficient (Wildman–Crippen LogP) is 6.32. The SMILES string of the molecule is N=C(N)c1ccc(-c2ccc(OC[C@@H]3C[C@@H](CC(=O)O)C(=O)N3CCCC(c3ccccc3)c3ccccc3)cc2)cc1. The molecule has 0 spiro atoms. The molecule has 0 radical (unpaired) electrons. The molecule has 1 fully saturated rings. The Morgan fingerprint density at radius 3 is 1.98 bits per heavy atom. The molecule has 4 aromatic rings. The van der Waals surface area contributed by atoms with Crippen LogP contribution in [-0.4, -0.2) is 46.9 Å². The van der Waals surface area contributed by atoms with Crippen LogP contribution in [0.3, 0.4) is 0 Å². The van der Waals surface area contributed by atoms with Gasteiger partial charge in [0.15, 0.2) is 0 Å². The molecule has 4 N–H and O–H groups in total. The first kappa shape index (κ1) is 29.6. The second kappa shape index (κ2) is 13.8. The maximum absolute atomic E-state index is 13.3. The number of carbonyl (C=O) groups excluding carboxylic acids is 1. The second-order valence-electron chi connectivity index (χ2n) is 11.1. The number of carboxylic acids is 1. The van der Waals surface area contributed by atoms with Crippen molar-refractivity contribution in [2.75, 3.05) is 13.2 Å². The number of likely N-dealkylation sites (tertiary alicyclic amines) is 1. The van der Waals surface area contributed by atoms with Crippen molar-refractivity contribution < 1.29 is 19.4 Å². The zero-order chi connectivity index (χ0) is 30.2. The van der Waals surface area contributed by atoms with E-state index in [1.54, 1.807) is 0 Å². The van der Waals surface area contributed by atoms with E-state index in [0.29, 0.717) is 30.9 Å². The number of aliphatic carboxylic acids is 1. The molecule has 43 heavy (non-hydrogen) atoms. The number of hydrogen-bond acceptors (Lipinski definition) is 4. The number of rotatable bonds is 13. The number of benzene rings is 4. The van der Waals surface area contributed by atoms with Gasteiger partial charge in [-0.05, 0) is 53.6 Å². The number of amidine groups is 1.